The molecular weight excluding hydrogens is 414 g/mol. The van der Waals surface area contributed by atoms with Gasteiger partial charge in [0.2, 0.25) is 5.91 Å². The molecule has 1 N–H and O–H groups in total. The first-order chi connectivity index (χ1) is 15.9. The number of nitrogens with one attached hydrogen (secondary N) is 1. The van der Waals surface area contributed by atoms with Gasteiger partial charge in [-0.05, 0) is 91.6 Å². The van der Waals surface area contributed by atoms with Crippen LogP contribution in [0.1, 0.15) is 43.4 Å². The minimum atomic E-state index is -0.0930. The van der Waals surface area contributed by atoms with E-state index in [4.69, 9.17) is 13.9 Å². The van der Waals surface area contributed by atoms with Crippen LogP contribution in [0.5, 0.6) is 17.2 Å². The van der Waals surface area contributed by atoms with Gasteiger partial charge in [0, 0.05) is 16.6 Å². The van der Waals surface area contributed by atoms with Crippen molar-refractivity contribution in [3.05, 3.63) is 83.6 Å². The number of amides is 1. The average molecular weight is 444 g/mol. The minimum absolute atomic E-state index is 0.0930. The highest BCUT2D eigenvalue weighted by atomic mass is 16.5. The van der Waals surface area contributed by atoms with E-state index in [1.807, 2.05) is 55.5 Å². The Hall–Kier alpha value is -3.73. The Kier molecular flexibility index (Phi) is 6.68. The molecule has 0 radical (unpaired) electrons. The number of ether oxygens (including phenoxy) is 2. The smallest absolute Gasteiger partial charge is 0.228 e. The van der Waals surface area contributed by atoms with Gasteiger partial charge in [0.1, 0.15) is 22.8 Å². The summed E-state index contributed by atoms with van der Waals surface area (Å²) in [5, 5.41) is 3.95. The summed E-state index contributed by atoms with van der Waals surface area (Å²) < 4.78 is 17.0. The molecule has 33 heavy (non-hydrogen) atoms. The fourth-order valence-electron chi connectivity index (χ4n) is 3.89. The van der Waals surface area contributed by atoms with E-state index in [2.05, 4.69) is 38.2 Å². The molecule has 0 fully saturated rings. The highest BCUT2D eigenvalue weighted by Gasteiger charge is 2.14. The number of benzene rings is 3. The summed E-state index contributed by atoms with van der Waals surface area (Å²) >= 11 is 0. The second kappa shape index (κ2) is 9.82. The molecule has 0 atom stereocenters. The van der Waals surface area contributed by atoms with Crippen molar-refractivity contribution in [2.45, 2.75) is 40.0 Å². The Morgan fingerprint density at radius 2 is 1.61 bits per heavy atom. The molecule has 0 saturated heterocycles. The molecule has 0 aliphatic heterocycles. The lowest BCUT2D eigenvalue weighted by Crippen LogP contribution is -2.14. The molecule has 0 aliphatic carbocycles. The van der Waals surface area contributed by atoms with Gasteiger partial charge in [-0.1, -0.05) is 13.8 Å². The standard InChI is InChI=1S/C28H29NO4/c1-5-31-22-10-12-24(13-11-22)33-23-8-6-21(7-9-23)29-28(30)15-20-17-32-27-14-19(4)25(18(2)3)16-26(20)27/h6-14,16-18H,5,15H2,1-4H3,(H,29,30). The number of aryl methyl sites for hydroxylation is 1. The van der Waals surface area contributed by atoms with Crippen molar-refractivity contribution in [1.82, 2.24) is 0 Å². The molecule has 4 rings (SSSR count). The van der Waals surface area contributed by atoms with Crippen LogP contribution in [0.15, 0.2) is 71.3 Å². The van der Waals surface area contributed by atoms with Crippen molar-refractivity contribution in [1.29, 1.82) is 0 Å². The summed E-state index contributed by atoms with van der Waals surface area (Å²) in [5.41, 5.74) is 4.89. The number of hydrogen-bond donors (Lipinski definition) is 1. The first kappa shape index (κ1) is 22.5. The number of hydrogen-bond acceptors (Lipinski definition) is 4. The summed E-state index contributed by atoms with van der Waals surface area (Å²) in [6, 6.07) is 19.0. The fraction of sp³-hybridized carbons (Fsp3) is 0.250. The number of anilines is 1. The number of rotatable bonds is 8. The average Bonchev–Trinajstić information content (AvgIpc) is 3.17. The topological polar surface area (TPSA) is 60.7 Å². The van der Waals surface area contributed by atoms with Gasteiger partial charge in [-0.25, -0.2) is 0 Å². The van der Waals surface area contributed by atoms with Crippen molar-refractivity contribution >= 4 is 22.6 Å². The van der Waals surface area contributed by atoms with Crippen LogP contribution < -0.4 is 14.8 Å². The molecule has 5 nitrogen and oxygen atoms in total. The zero-order valence-corrected chi connectivity index (χ0v) is 19.5. The summed E-state index contributed by atoms with van der Waals surface area (Å²) in [6.45, 7) is 9.01. The molecule has 1 aromatic heterocycles. The molecule has 5 heteroatoms. The van der Waals surface area contributed by atoms with Gasteiger partial charge in [0.15, 0.2) is 0 Å². The first-order valence-electron chi connectivity index (χ1n) is 11.2. The Morgan fingerprint density at radius 1 is 0.970 bits per heavy atom. The number of carbonyl (C=O) groups is 1. The summed E-state index contributed by atoms with van der Waals surface area (Å²) in [5.74, 6) is 2.54. The maximum atomic E-state index is 12.7. The monoisotopic (exact) mass is 443 g/mol. The fourth-order valence-corrected chi connectivity index (χ4v) is 3.89. The molecule has 1 heterocycles. The van der Waals surface area contributed by atoms with E-state index < -0.39 is 0 Å². The van der Waals surface area contributed by atoms with Crippen LogP contribution >= 0.6 is 0 Å². The highest BCUT2D eigenvalue weighted by Crippen LogP contribution is 2.30. The first-order valence-corrected chi connectivity index (χ1v) is 11.2. The van der Waals surface area contributed by atoms with Crippen LogP contribution in [-0.4, -0.2) is 12.5 Å². The Labute approximate surface area is 194 Å². The van der Waals surface area contributed by atoms with E-state index in [-0.39, 0.29) is 12.3 Å². The minimum Gasteiger partial charge on any atom is -0.494 e. The largest absolute Gasteiger partial charge is 0.494 e. The number of furan rings is 1. The Morgan fingerprint density at radius 3 is 2.24 bits per heavy atom. The molecule has 0 unspecified atom stereocenters. The summed E-state index contributed by atoms with van der Waals surface area (Å²) in [7, 11) is 0. The van der Waals surface area contributed by atoms with Gasteiger partial charge in [-0.15, -0.1) is 0 Å². The van der Waals surface area contributed by atoms with Gasteiger partial charge in [-0.2, -0.15) is 0 Å². The van der Waals surface area contributed by atoms with Crippen molar-refractivity contribution < 1.29 is 18.7 Å². The van der Waals surface area contributed by atoms with E-state index in [1.165, 1.54) is 11.1 Å². The molecule has 1 amide bonds. The lowest BCUT2D eigenvalue weighted by atomic mass is 9.95. The second-order valence-corrected chi connectivity index (χ2v) is 8.38. The lowest BCUT2D eigenvalue weighted by molar-refractivity contribution is -0.115. The SMILES string of the molecule is CCOc1ccc(Oc2ccc(NC(=O)Cc3coc4cc(C)c(C(C)C)cc34)cc2)cc1. The van der Waals surface area contributed by atoms with E-state index in [1.54, 1.807) is 6.26 Å². The van der Waals surface area contributed by atoms with Crippen molar-refractivity contribution in [3.8, 4) is 17.2 Å². The molecule has 170 valence electrons. The van der Waals surface area contributed by atoms with Crippen LogP contribution in [0.3, 0.4) is 0 Å². The molecule has 0 bridgehead atoms. The molecule has 0 saturated carbocycles. The van der Waals surface area contributed by atoms with Gasteiger partial charge >= 0.3 is 0 Å². The maximum absolute atomic E-state index is 12.7. The zero-order chi connectivity index (χ0) is 23.4. The van der Waals surface area contributed by atoms with Crippen molar-refractivity contribution in [2.24, 2.45) is 0 Å². The normalized spacial score (nSPS) is 11.1. The van der Waals surface area contributed by atoms with Crippen LogP contribution in [0.25, 0.3) is 11.0 Å². The third-order valence-corrected chi connectivity index (χ3v) is 5.52. The van der Waals surface area contributed by atoms with Gasteiger partial charge in [-0.3, -0.25) is 4.79 Å². The van der Waals surface area contributed by atoms with Crippen LogP contribution in [0.4, 0.5) is 5.69 Å². The lowest BCUT2D eigenvalue weighted by Gasteiger charge is -2.10. The zero-order valence-electron chi connectivity index (χ0n) is 19.5. The molecule has 3 aromatic carbocycles. The predicted molar refractivity (Wildman–Crippen MR) is 132 cm³/mol. The summed E-state index contributed by atoms with van der Waals surface area (Å²) in [4.78, 5) is 12.7. The van der Waals surface area contributed by atoms with E-state index in [0.717, 1.165) is 28.0 Å². The predicted octanol–water partition coefficient (Wildman–Crippen LogP) is 7.24. The molecule has 0 spiro atoms. The molecular formula is C28H29NO4. The Bertz CT molecular complexity index is 1240. The molecule has 0 aliphatic rings. The van der Waals surface area contributed by atoms with Crippen molar-refractivity contribution in [2.75, 3.05) is 11.9 Å². The number of carbonyl (C=O) groups excluding carboxylic acids is 1. The van der Waals surface area contributed by atoms with Crippen LogP contribution in [0.2, 0.25) is 0 Å². The second-order valence-electron chi connectivity index (χ2n) is 8.38. The highest BCUT2D eigenvalue weighted by molar-refractivity contribution is 5.95. The van der Waals surface area contributed by atoms with Gasteiger partial charge < -0.3 is 19.2 Å². The van der Waals surface area contributed by atoms with E-state index in [9.17, 15) is 4.79 Å². The Balaban J connectivity index is 1.39. The van der Waals surface area contributed by atoms with Crippen LogP contribution in [-0.2, 0) is 11.2 Å². The van der Waals surface area contributed by atoms with Crippen molar-refractivity contribution in [3.63, 3.8) is 0 Å². The third kappa shape index (κ3) is 5.37. The molecule has 4 aromatic rings. The quantitative estimate of drug-likeness (QED) is 0.312. The maximum Gasteiger partial charge on any atom is 0.228 e. The van der Waals surface area contributed by atoms with Crippen LogP contribution in [0, 0.1) is 6.92 Å². The van der Waals surface area contributed by atoms with E-state index in [0.29, 0.717) is 24.0 Å². The summed E-state index contributed by atoms with van der Waals surface area (Å²) in [6.07, 6.45) is 1.93. The third-order valence-electron chi connectivity index (χ3n) is 5.52. The van der Waals surface area contributed by atoms with Gasteiger partial charge in [0.25, 0.3) is 0 Å². The van der Waals surface area contributed by atoms with E-state index >= 15 is 0 Å². The number of fused-ring (bicyclic) bond motifs is 1. The van der Waals surface area contributed by atoms with Gasteiger partial charge in [0.05, 0.1) is 19.3 Å².